The summed E-state index contributed by atoms with van der Waals surface area (Å²) in [6, 6.07) is 20.8. The Morgan fingerprint density at radius 2 is 1.76 bits per heavy atom. The average molecular weight is 324 g/mol. The summed E-state index contributed by atoms with van der Waals surface area (Å²) in [6.07, 6.45) is 1.74. The Balaban J connectivity index is 1.90. The molecule has 0 radical (unpaired) electrons. The third kappa shape index (κ3) is 3.32. The first-order valence-corrected chi connectivity index (χ1v) is 7.46. The number of hydrogen-bond donors (Lipinski definition) is 1. The molecule has 0 fully saturated rings. The van der Waals surface area contributed by atoms with Crippen LogP contribution in [-0.2, 0) is 6.54 Å². The van der Waals surface area contributed by atoms with Gasteiger partial charge in [-0.25, -0.2) is 0 Å². The molecule has 0 aliphatic carbocycles. The van der Waals surface area contributed by atoms with Gasteiger partial charge in [-0.05, 0) is 23.8 Å². The van der Waals surface area contributed by atoms with Crippen LogP contribution in [0.25, 0.3) is 10.9 Å². The van der Waals surface area contributed by atoms with E-state index in [1.165, 1.54) is 0 Å². The minimum absolute atomic E-state index is 0.0685. The summed E-state index contributed by atoms with van der Waals surface area (Å²) in [4.78, 5) is 0. The smallest absolute Gasteiger partial charge is 0.163 e. The quantitative estimate of drug-likeness (QED) is 0.742. The van der Waals surface area contributed by atoms with E-state index in [4.69, 9.17) is 15.8 Å². The molecule has 2 aromatic carbocycles. The fraction of sp³-hybridized carbons (Fsp3) is 0.0526. The second-order valence-electron chi connectivity index (χ2n) is 5.27. The van der Waals surface area contributed by atoms with Crippen molar-refractivity contribution in [2.75, 3.05) is 5.32 Å². The molecule has 1 heterocycles. The second kappa shape index (κ2) is 7.00. The Morgan fingerprint density at radius 1 is 1.00 bits per heavy atom. The number of nitrogens with one attached hydrogen (secondary N) is 1. The molecule has 3 aromatic rings. The number of hydrogen-bond acceptors (Lipinski definition) is 5. The summed E-state index contributed by atoms with van der Waals surface area (Å²) >= 11 is 0. The van der Waals surface area contributed by atoms with Crippen molar-refractivity contribution in [3.05, 3.63) is 71.6 Å². The molecule has 0 aliphatic rings. The highest BCUT2D eigenvalue weighted by Gasteiger charge is 2.08. The third-order valence-electron chi connectivity index (χ3n) is 3.67. The molecule has 1 N–H and O–H groups in total. The molecular weight excluding hydrogens is 312 g/mol. The summed E-state index contributed by atoms with van der Waals surface area (Å²) in [7, 11) is 0. The van der Waals surface area contributed by atoms with Crippen LogP contribution in [0.3, 0.4) is 0 Å². The van der Waals surface area contributed by atoms with Crippen LogP contribution in [-0.4, -0.2) is 9.78 Å². The van der Waals surface area contributed by atoms with Crippen molar-refractivity contribution in [1.82, 2.24) is 9.78 Å². The van der Waals surface area contributed by atoms with Gasteiger partial charge in [-0.15, -0.1) is 0 Å². The highest BCUT2D eigenvalue weighted by Crippen LogP contribution is 2.21. The van der Waals surface area contributed by atoms with Crippen LogP contribution >= 0.6 is 0 Å². The van der Waals surface area contributed by atoms with Crippen LogP contribution in [0.2, 0.25) is 0 Å². The number of rotatable bonds is 4. The van der Waals surface area contributed by atoms with Crippen LogP contribution in [0.5, 0.6) is 0 Å². The number of anilines is 1. The van der Waals surface area contributed by atoms with Gasteiger partial charge in [0.25, 0.3) is 0 Å². The Morgan fingerprint density at radius 3 is 2.44 bits per heavy atom. The van der Waals surface area contributed by atoms with Gasteiger partial charge in [-0.2, -0.15) is 20.9 Å². The van der Waals surface area contributed by atoms with Gasteiger partial charge in [0, 0.05) is 11.1 Å². The lowest BCUT2D eigenvalue weighted by Crippen LogP contribution is -2.02. The molecule has 118 valence electrons. The summed E-state index contributed by atoms with van der Waals surface area (Å²) in [5, 5.41) is 35.0. The van der Waals surface area contributed by atoms with Gasteiger partial charge in [0.2, 0.25) is 0 Å². The van der Waals surface area contributed by atoms with Gasteiger partial charge in [-0.1, -0.05) is 30.3 Å². The molecule has 1 aromatic heterocycles. The predicted octanol–water partition coefficient (Wildman–Crippen LogP) is 3.32. The van der Waals surface area contributed by atoms with Gasteiger partial charge in [0.1, 0.15) is 23.9 Å². The first-order chi connectivity index (χ1) is 12.2. The molecule has 0 aliphatic heterocycles. The standard InChI is InChI=1S/C19H12N6/c20-9-16(10-21)18(11-22)24-17-6-7-19-15(8-17)12-23-25(19)13-14-4-2-1-3-5-14/h1-8,12,24H,13H2. The van der Waals surface area contributed by atoms with Gasteiger partial charge in [0.15, 0.2) is 5.57 Å². The van der Waals surface area contributed by atoms with E-state index in [9.17, 15) is 0 Å². The van der Waals surface area contributed by atoms with E-state index in [-0.39, 0.29) is 11.3 Å². The lowest BCUT2D eigenvalue weighted by molar-refractivity contribution is 0.712. The van der Waals surface area contributed by atoms with E-state index in [2.05, 4.69) is 10.4 Å². The molecule has 0 bridgehead atoms. The van der Waals surface area contributed by atoms with Crippen molar-refractivity contribution in [2.45, 2.75) is 6.54 Å². The fourth-order valence-corrected chi connectivity index (χ4v) is 2.47. The van der Waals surface area contributed by atoms with E-state index >= 15 is 0 Å². The Kier molecular flexibility index (Phi) is 4.42. The van der Waals surface area contributed by atoms with E-state index in [0.717, 1.165) is 16.5 Å². The van der Waals surface area contributed by atoms with Crippen LogP contribution in [0, 0.1) is 34.0 Å². The molecule has 0 atom stereocenters. The minimum atomic E-state index is -0.248. The summed E-state index contributed by atoms with van der Waals surface area (Å²) in [5.41, 5.74) is 2.41. The molecular formula is C19H12N6. The van der Waals surface area contributed by atoms with E-state index in [1.54, 1.807) is 24.4 Å². The Labute approximate surface area is 144 Å². The topological polar surface area (TPSA) is 101 Å². The van der Waals surface area contributed by atoms with E-state index in [0.29, 0.717) is 12.2 Å². The van der Waals surface area contributed by atoms with Crippen molar-refractivity contribution in [2.24, 2.45) is 0 Å². The SMILES string of the molecule is N#CC(C#N)=C(C#N)Nc1ccc2c(cnn2Cc2ccccc2)c1. The van der Waals surface area contributed by atoms with Gasteiger partial charge in [-0.3, -0.25) is 4.68 Å². The van der Waals surface area contributed by atoms with Crippen LogP contribution < -0.4 is 5.32 Å². The fourth-order valence-electron chi connectivity index (χ4n) is 2.47. The van der Waals surface area contributed by atoms with Gasteiger partial charge >= 0.3 is 0 Å². The molecule has 0 amide bonds. The molecule has 0 saturated carbocycles. The zero-order valence-electron chi connectivity index (χ0n) is 13.1. The predicted molar refractivity (Wildman–Crippen MR) is 92.8 cm³/mol. The number of fused-ring (bicyclic) bond motifs is 1. The summed E-state index contributed by atoms with van der Waals surface area (Å²) < 4.78 is 1.89. The molecule has 6 heteroatoms. The van der Waals surface area contributed by atoms with E-state index in [1.807, 2.05) is 53.2 Å². The van der Waals surface area contributed by atoms with Gasteiger partial charge in [0.05, 0.1) is 18.3 Å². The Hall–Kier alpha value is -4.08. The summed E-state index contributed by atoms with van der Waals surface area (Å²) in [6.45, 7) is 0.660. The number of nitrogens with zero attached hydrogens (tertiary/aromatic N) is 5. The number of allylic oxidation sites excluding steroid dienone is 2. The van der Waals surface area contributed by atoms with Crippen LogP contribution in [0.1, 0.15) is 5.56 Å². The van der Waals surface area contributed by atoms with E-state index < -0.39 is 0 Å². The maximum Gasteiger partial charge on any atom is 0.163 e. The maximum atomic E-state index is 9.11. The normalized spacial score (nSPS) is 9.64. The molecule has 3 rings (SSSR count). The lowest BCUT2D eigenvalue weighted by atomic mass is 10.2. The largest absolute Gasteiger partial charge is 0.345 e. The monoisotopic (exact) mass is 324 g/mol. The van der Waals surface area contributed by atoms with Crippen molar-refractivity contribution in [3.63, 3.8) is 0 Å². The van der Waals surface area contributed by atoms with Crippen molar-refractivity contribution in [3.8, 4) is 18.2 Å². The highest BCUT2D eigenvalue weighted by molar-refractivity contribution is 5.83. The molecule has 0 saturated heterocycles. The Bertz CT molecular complexity index is 1060. The van der Waals surface area contributed by atoms with Crippen LogP contribution in [0.4, 0.5) is 5.69 Å². The minimum Gasteiger partial charge on any atom is -0.345 e. The second-order valence-corrected chi connectivity index (χ2v) is 5.27. The molecule has 0 spiro atoms. The van der Waals surface area contributed by atoms with Crippen molar-refractivity contribution < 1.29 is 0 Å². The average Bonchev–Trinajstić information content (AvgIpc) is 3.04. The first-order valence-electron chi connectivity index (χ1n) is 7.46. The molecule has 25 heavy (non-hydrogen) atoms. The van der Waals surface area contributed by atoms with Crippen molar-refractivity contribution >= 4 is 16.6 Å². The van der Waals surface area contributed by atoms with Crippen LogP contribution in [0.15, 0.2) is 66.0 Å². The molecule has 0 unspecified atom stereocenters. The highest BCUT2D eigenvalue weighted by atomic mass is 15.3. The lowest BCUT2D eigenvalue weighted by Gasteiger charge is -2.06. The number of benzene rings is 2. The summed E-state index contributed by atoms with van der Waals surface area (Å²) in [5.74, 6) is 0. The number of nitriles is 3. The van der Waals surface area contributed by atoms with Crippen molar-refractivity contribution in [1.29, 1.82) is 15.8 Å². The first kappa shape index (κ1) is 15.8. The third-order valence-corrected chi connectivity index (χ3v) is 3.67. The zero-order valence-corrected chi connectivity index (χ0v) is 13.1. The maximum absolute atomic E-state index is 9.11. The molecule has 6 nitrogen and oxygen atoms in total. The number of aromatic nitrogens is 2. The van der Waals surface area contributed by atoms with Gasteiger partial charge < -0.3 is 5.32 Å². The zero-order chi connectivity index (χ0) is 17.6.